The van der Waals surface area contributed by atoms with Gasteiger partial charge in [-0.05, 0) is 37.5 Å². The van der Waals surface area contributed by atoms with Gasteiger partial charge in [0.15, 0.2) is 11.5 Å². The smallest absolute Gasteiger partial charge is 0.161 e. The first-order valence-corrected chi connectivity index (χ1v) is 9.99. The van der Waals surface area contributed by atoms with E-state index in [0.29, 0.717) is 6.61 Å². The third-order valence-corrected chi connectivity index (χ3v) is 7.12. The summed E-state index contributed by atoms with van der Waals surface area (Å²) in [6.45, 7) is 11.0. The highest BCUT2D eigenvalue weighted by Crippen LogP contribution is 2.57. The first-order valence-electron chi connectivity index (χ1n) is 9.99. The van der Waals surface area contributed by atoms with Crippen molar-refractivity contribution in [1.82, 2.24) is 9.80 Å². The molecule has 4 bridgehead atoms. The van der Waals surface area contributed by atoms with Crippen molar-refractivity contribution >= 4 is 0 Å². The van der Waals surface area contributed by atoms with E-state index in [9.17, 15) is 5.11 Å². The second-order valence-corrected chi connectivity index (χ2v) is 8.36. The van der Waals surface area contributed by atoms with Gasteiger partial charge in [-0.25, -0.2) is 0 Å². The van der Waals surface area contributed by atoms with Crippen molar-refractivity contribution in [2.75, 3.05) is 39.9 Å². The quantitative estimate of drug-likeness (QED) is 0.845. The minimum Gasteiger partial charge on any atom is -0.493 e. The molecule has 0 aliphatic carbocycles. The van der Waals surface area contributed by atoms with Crippen LogP contribution in [0.4, 0.5) is 0 Å². The predicted octanol–water partition coefficient (Wildman–Crippen LogP) is 2.89. The van der Waals surface area contributed by atoms with Crippen molar-refractivity contribution in [3.63, 3.8) is 0 Å². The number of aliphatic hydroxyl groups excluding tert-OH is 1. The van der Waals surface area contributed by atoms with E-state index in [-0.39, 0.29) is 23.1 Å². The molecule has 0 saturated carbocycles. The van der Waals surface area contributed by atoms with Crippen molar-refractivity contribution in [3.05, 3.63) is 23.8 Å². The molecule has 4 aliphatic heterocycles. The van der Waals surface area contributed by atoms with Gasteiger partial charge in [0.05, 0.1) is 26.0 Å². The number of ether oxygens (including phenoxy) is 2. The Hall–Kier alpha value is -1.30. The number of hydrogen-bond acceptors (Lipinski definition) is 5. The predicted molar refractivity (Wildman–Crippen MR) is 102 cm³/mol. The molecule has 0 radical (unpaired) electrons. The van der Waals surface area contributed by atoms with Crippen molar-refractivity contribution < 1.29 is 14.6 Å². The Bertz CT molecular complexity index is 637. The fraction of sp³-hybridized carbons (Fsp3) is 0.714. The number of aliphatic hydroxyl groups is 1. The molecule has 4 heterocycles. The van der Waals surface area contributed by atoms with E-state index in [1.54, 1.807) is 7.11 Å². The molecule has 4 saturated heterocycles. The number of benzene rings is 1. The molecule has 1 aromatic carbocycles. The van der Waals surface area contributed by atoms with E-state index in [1.807, 2.05) is 13.0 Å². The molecule has 0 atom stereocenters. The van der Waals surface area contributed by atoms with Gasteiger partial charge in [-0.1, -0.05) is 19.9 Å². The second-order valence-electron chi connectivity index (χ2n) is 8.36. The van der Waals surface area contributed by atoms with Crippen molar-refractivity contribution in [2.24, 2.45) is 10.8 Å². The lowest BCUT2D eigenvalue weighted by molar-refractivity contribution is -0.266. The number of methoxy groups -OCH3 is 1. The molecular formula is C21H32N2O3. The van der Waals surface area contributed by atoms with Crippen LogP contribution in [0, 0.1) is 10.8 Å². The lowest BCUT2D eigenvalue weighted by Gasteiger charge is -2.69. The fourth-order valence-corrected chi connectivity index (χ4v) is 5.78. The van der Waals surface area contributed by atoms with Gasteiger partial charge in [0.2, 0.25) is 0 Å². The third kappa shape index (κ3) is 2.40. The topological polar surface area (TPSA) is 45.2 Å². The van der Waals surface area contributed by atoms with Crippen LogP contribution in [-0.4, -0.2) is 60.9 Å². The van der Waals surface area contributed by atoms with Crippen LogP contribution in [0.1, 0.15) is 45.3 Å². The van der Waals surface area contributed by atoms with E-state index in [0.717, 1.165) is 50.5 Å². The largest absolute Gasteiger partial charge is 0.493 e. The van der Waals surface area contributed by atoms with Crippen LogP contribution in [0.2, 0.25) is 0 Å². The number of nitrogens with zero attached hydrogens (tertiary/aromatic N) is 2. The molecule has 0 unspecified atom stereocenters. The van der Waals surface area contributed by atoms with E-state index in [1.165, 1.54) is 5.56 Å². The van der Waals surface area contributed by atoms with Gasteiger partial charge in [-0.3, -0.25) is 9.80 Å². The minimum absolute atomic E-state index is 0.0123. The maximum absolute atomic E-state index is 11.2. The maximum Gasteiger partial charge on any atom is 0.161 e. The van der Waals surface area contributed by atoms with Crippen LogP contribution >= 0.6 is 0 Å². The first kappa shape index (κ1) is 18.1. The van der Waals surface area contributed by atoms with Gasteiger partial charge in [0.1, 0.15) is 0 Å². The molecule has 0 spiro atoms. The second kappa shape index (κ2) is 6.39. The fourth-order valence-electron chi connectivity index (χ4n) is 5.78. The van der Waals surface area contributed by atoms with Gasteiger partial charge in [0, 0.05) is 37.0 Å². The Morgan fingerprint density at radius 2 is 1.58 bits per heavy atom. The molecule has 5 nitrogen and oxygen atoms in total. The summed E-state index contributed by atoms with van der Waals surface area (Å²) in [5.74, 6) is 1.61. The van der Waals surface area contributed by atoms with Crippen LogP contribution in [-0.2, 0) is 0 Å². The van der Waals surface area contributed by atoms with E-state index in [2.05, 4.69) is 35.8 Å². The van der Waals surface area contributed by atoms with Crippen LogP contribution in [0.25, 0.3) is 0 Å². The molecule has 4 fully saturated rings. The zero-order chi connectivity index (χ0) is 18.5. The average Bonchev–Trinajstić information content (AvgIpc) is 2.65. The molecule has 26 heavy (non-hydrogen) atoms. The van der Waals surface area contributed by atoms with Crippen LogP contribution < -0.4 is 9.47 Å². The van der Waals surface area contributed by atoms with Crippen molar-refractivity contribution in [2.45, 2.75) is 45.9 Å². The molecule has 4 aliphatic rings. The zero-order valence-electron chi connectivity index (χ0n) is 16.5. The van der Waals surface area contributed by atoms with E-state index < -0.39 is 0 Å². The normalized spacial score (nSPS) is 40.7. The minimum atomic E-state index is -0.187. The summed E-state index contributed by atoms with van der Waals surface area (Å²) in [6.07, 6.45) is 2.14. The van der Waals surface area contributed by atoms with Crippen molar-refractivity contribution in [3.8, 4) is 11.5 Å². The summed E-state index contributed by atoms with van der Waals surface area (Å²) in [5.41, 5.74) is 1.28. The Morgan fingerprint density at radius 3 is 2.04 bits per heavy atom. The Labute approximate surface area is 156 Å². The lowest BCUT2D eigenvalue weighted by Crippen LogP contribution is -2.78. The first-order chi connectivity index (χ1) is 12.5. The molecular weight excluding hydrogens is 328 g/mol. The summed E-state index contributed by atoms with van der Waals surface area (Å²) in [4.78, 5) is 5.17. The summed E-state index contributed by atoms with van der Waals surface area (Å²) in [7, 11) is 1.70. The molecule has 0 aromatic heterocycles. The Morgan fingerprint density at radius 1 is 1.00 bits per heavy atom. The monoisotopic (exact) mass is 360 g/mol. The van der Waals surface area contributed by atoms with Gasteiger partial charge in [0.25, 0.3) is 0 Å². The number of piperidine rings is 2. The molecule has 5 heteroatoms. The van der Waals surface area contributed by atoms with E-state index >= 15 is 0 Å². The Balaban J connectivity index is 1.69. The van der Waals surface area contributed by atoms with Gasteiger partial charge in [-0.15, -0.1) is 0 Å². The van der Waals surface area contributed by atoms with Gasteiger partial charge < -0.3 is 14.6 Å². The van der Waals surface area contributed by atoms with Gasteiger partial charge in [-0.2, -0.15) is 0 Å². The summed E-state index contributed by atoms with van der Waals surface area (Å²) in [5, 5.41) is 11.2. The molecule has 1 N–H and O–H groups in total. The zero-order valence-corrected chi connectivity index (χ0v) is 16.5. The highest BCUT2D eigenvalue weighted by Gasteiger charge is 2.64. The van der Waals surface area contributed by atoms with Crippen molar-refractivity contribution in [1.29, 1.82) is 0 Å². The van der Waals surface area contributed by atoms with Crippen LogP contribution in [0.3, 0.4) is 0 Å². The van der Waals surface area contributed by atoms with Gasteiger partial charge >= 0.3 is 0 Å². The summed E-state index contributed by atoms with van der Waals surface area (Å²) >= 11 is 0. The van der Waals surface area contributed by atoms with Crippen LogP contribution in [0.5, 0.6) is 11.5 Å². The average molecular weight is 360 g/mol. The molecule has 5 rings (SSSR count). The highest BCUT2D eigenvalue weighted by atomic mass is 16.5. The molecule has 0 amide bonds. The van der Waals surface area contributed by atoms with E-state index in [4.69, 9.17) is 9.47 Å². The lowest BCUT2D eigenvalue weighted by atomic mass is 9.57. The molecule has 1 aromatic rings. The maximum atomic E-state index is 11.2. The summed E-state index contributed by atoms with van der Waals surface area (Å²) in [6, 6.07) is 6.34. The SMILES string of the molecule is CCOc1ccc(C2N3CC4(CC)CN2CC(CC)(C3)C4O)cc1OC. The number of rotatable bonds is 6. The highest BCUT2D eigenvalue weighted by molar-refractivity contribution is 5.44. The standard InChI is InChI=1S/C21H32N2O3/c1-5-20-11-22-13-21(6-2,19(20)24)14-23(12-20)18(22)15-8-9-16(26-7-3)17(10-15)25-4/h8-10,18-19,24H,5-7,11-14H2,1-4H3. The summed E-state index contributed by atoms with van der Waals surface area (Å²) < 4.78 is 11.3. The third-order valence-electron chi connectivity index (χ3n) is 7.12. The number of hydrogen-bond donors (Lipinski definition) is 1. The Kier molecular flexibility index (Phi) is 4.45. The molecule has 144 valence electrons. The van der Waals surface area contributed by atoms with Crippen LogP contribution in [0.15, 0.2) is 18.2 Å².